The number of fused-ring (bicyclic) bond motifs is 1. The van der Waals surface area contributed by atoms with Crippen LogP contribution in [0.15, 0.2) is 39.6 Å². The third kappa shape index (κ3) is 2.74. The molecule has 0 saturated carbocycles. The van der Waals surface area contributed by atoms with Crippen molar-refractivity contribution >= 4 is 32.7 Å². The fraction of sp³-hybridized carbons (Fsp3) is 0.188. The number of nitrogens with one attached hydrogen (secondary N) is 3. The summed E-state index contributed by atoms with van der Waals surface area (Å²) >= 11 is 3.53. The van der Waals surface area contributed by atoms with E-state index >= 15 is 0 Å². The highest BCUT2D eigenvalue weighted by Gasteiger charge is 2.06. The smallest absolute Gasteiger partial charge is 0.323 e. The molecule has 0 radical (unpaired) electrons. The van der Waals surface area contributed by atoms with Gasteiger partial charge in [-0.3, -0.25) is 0 Å². The van der Waals surface area contributed by atoms with Crippen LogP contribution in [0.4, 0.5) is 5.69 Å². The Balaban J connectivity index is 1.89. The van der Waals surface area contributed by atoms with E-state index in [4.69, 9.17) is 0 Å². The number of imidazole rings is 1. The molecule has 21 heavy (non-hydrogen) atoms. The van der Waals surface area contributed by atoms with Gasteiger partial charge in [-0.05, 0) is 58.6 Å². The third-order valence-corrected chi connectivity index (χ3v) is 4.45. The van der Waals surface area contributed by atoms with Gasteiger partial charge in [0.15, 0.2) is 0 Å². The lowest BCUT2D eigenvalue weighted by Gasteiger charge is -2.12. The van der Waals surface area contributed by atoms with Crippen LogP contribution in [-0.2, 0) is 6.54 Å². The van der Waals surface area contributed by atoms with Crippen LogP contribution in [-0.4, -0.2) is 9.97 Å². The van der Waals surface area contributed by atoms with Crippen molar-refractivity contribution in [2.24, 2.45) is 0 Å². The molecule has 108 valence electrons. The molecule has 3 aromatic rings. The standard InChI is InChI=1S/C16H16BrN3O/c1-9-4-3-5-11(10(9)2)8-18-13-7-15-14(6-12(13)17)19-16(21)20-15/h3-7,18H,8H2,1-2H3,(H2,19,20,21). The maximum Gasteiger partial charge on any atom is 0.323 e. The first-order chi connectivity index (χ1) is 10.0. The normalized spacial score (nSPS) is 11.0. The fourth-order valence-electron chi connectivity index (χ4n) is 2.39. The molecule has 1 heterocycles. The predicted molar refractivity (Wildman–Crippen MR) is 89.9 cm³/mol. The maximum atomic E-state index is 11.3. The number of halogens is 1. The summed E-state index contributed by atoms with van der Waals surface area (Å²) in [6.07, 6.45) is 0. The lowest BCUT2D eigenvalue weighted by atomic mass is 10.0. The topological polar surface area (TPSA) is 60.7 Å². The van der Waals surface area contributed by atoms with Crippen molar-refractivity contribution in [3.63, 3.8) is 0 Å². The van der Waals surface area contributed by atoms with E-state index in [9.17, 15) is 4.79 Å². The predicted octanol–water partition coefficient (Wildman–Crippen LogP) is 3.85. The first kappa shape index (κ1) is 13.9. The molecular weight excluding hydrogens is 330 g/mol. The van der Waals surface area contributed by atoms with Crippen molar-refractivity contribution in [3.8, 4) is 0 Å². The minimum absolute atomic E-state index is 0.191. The lowest BCUT2D eigenvalue weighted by molar-refractivity contribution is 1.10. The van der Waals surface area contributed by atoms with Gasteiger partial charge in [0.1, 0.15) is 0 Å². The molecule has 0 aliphatic carbocycles. The van der Waals surface area contributed by atoms with Crippen LogP contribution < -0.4 is 11.0 Å². The summed E-state index contributed by atoms with van der Waals surface area (Å²) in [6, 6.07) is 10.1. The van der Waals surface area contributed by atoms with Gasteiger partial charge in [-0.15, -0.1) is 0 Å². The Bertz CT molecular complexity index is 864. The molecule has 3 rings (SSSR count). The third-order valence-electron chi connectivity index (χ3n) is 3.79. The van der Waals surface area contributed by atoms with Crippen LogP contribution in [0.2, 0.25) is 0 Å². The Morgan fingerprint density at radius 2 is 1.86 bits per heavy atom. The Morgan fingerprint density at radius 3 is 2.62 bits per heavy atom. The van der Waals surface area contributed by atoms with Gasteiger partial charge in [0.05, 0.1) is 16.7 Å². The van der Waals surface area contributed by atoms with E-state index in [2.05, 4.69) is 63.3 Å². The van der Waals surface area contributed by atoms with Crippen molar-refractivity contribution < 1.29 is 0 Å². The van der Waals surface area contributed by atoms with Crippen molar-refractivity contribution in [3.05, 3.63) is 62.0 Å². The molecule has 0 amide bonds. The van der Waals surface area contributed by atoms with Gasteiger partial charge in [-0.25, -0.2) is 4.79 Å². The molecule has 2 aromatic carbocycles. The van der Waals surface area contributed by atoms with Crippen LogP contribution in [0.3, 0.4) is 0 Å². The summed E-state index contributed by atoms with van der Waals surface area (Å²) in [7, 11) is 0. The largest absolute Gasteiger partial charge is 0.380 e. The van der Waals surface area contributed by atoms with Gasteiger partial charge in [0, 0.05) is 11.0 Å². The Hall–Kier alpha value is -2.01. The number of aryl methyl sites for hydroxylation is 1. The van der Waals surface area contributed by atoms with Crippen LogP contribution in [0.25, 0.3) is 11.0 Å². The summed E-state index contributed by atoms with van der Waals surface area (Å²) in [5.41, 5.74) is 6.22. The highest BCUT2D eigenvalue weighted by atomic mass is 79.9. The summed E-state index contributed by atoms with van der Waals surface area (Å²) in [6.45, 7) is 4.99. The van der Waals surface area contributed by atoms with Crippen molar-refractivity contribution in [2.45, 2.75) is 20.4 Å². The van der Waals surface area contributed by atoms with Gasteiger partial charge in [-0.2, -0.15) is 0 Å². The van der Waals surface area contributed by atoms with Gasteiger partial charge in [0.25, 0.3) is 0 Å². The minimum Gasteiger partial charge on any atom is -0.380 e. The van der Waals surface area contributed by atoms with Gasteiger partial charge >= 0.3 is 5.69 Å². The van der Waals surface area contributed by atoms with Crippen LogP contribution in [0.5, 0.6) is 0 Å². The number of hydrogen-bond acceptors (Lipinski definition) is 2. The zero-order valence-corrected chi connectivity index (χ0v) is 13.5. The fourth-order valence-corrected chi connectivity index (χ4v) is 2.87. The summed E-state index contributed by atoms with van der Waals surface area (Å²) in [5.74, 6) is 0. The van der Waals surface area contributed by atoms with Crippen molar-refractivity contribution in [1.82, 2.24) is 9.97 Å². The molecule has 3 N–H and O–H groups in total. The van der Waals surface area contributed by atoms with Crippen LogP contribution in [0.1, 0.15) is 16.7 Å². The molecule has 0 aliphatic heterocycles. The van der Waals surface area contributed by atoms with Crippen molar-refractivity contribution in [1.29, 1.82) is 0 Å². The Labute approximate surface area is 130 Å². The van der Waals surface area contributed by atoms with Gasteiger partial charge < -0.3 is 15.3 Å². The van der Waals surface area contributed by atoms with Gasteiger partial charge in [0.2, 0.25) is 0 Å². The zero-order valence-electron chi connectivity index (χ0n) is 11.9. The highest BCUT2D eigenvalue weighted by Crippen LogP contribution is 2.27. The maximum absolute atomic E-state index is 11.3. The number of aromatic amines is 2. The lowest BCUT2D eigenvalue weighted by Crippen LogP contribution is -2.03. The Kier molecular flexibility index (Phi) is 3.59. The first-order valence-corrected chi connectivity index (χ1v) is 7.54. The average Bonchev–Trinajstić information content (AvgIpc) is 2.79. The van der Waals surface area contributed by atoms with Crippen LogP contribution in [0, 0.1) is 13.8 Å². The molecule has 0 saturated heterocycles. The molecule has 0 fully saturated rings. The molecule has 4 nitrogen and oxygen atoms in total. The zero-order chi connectivity index (χ0) is 15.0. The first-order valence-electron chi connectivity index (χ1n) is 6.75. The second-order valence-electron chi connectivity index (χ2n) is 5.17. The van der Waals surface area contributed by atoms with Gasteiger partial charge in [-0.1, -0.05) is 18.2 Å². The SMILES string of the molecule is Cc1cccc(CNc2cc3[nH]c(=O)[nH]c3cc2Br)c1C. The Morgan fingerprint density at radius 1 is 1.14 bits per heavy atom. The molecule has 0 bridgehead atoms. The van der Waals surface area contributed by atoms with E-state index in [0.717, 1.165) is 27.7 Å². The van der Waals surface area contributed by atoms with E-state index in [1.54, 1.807) is 0 Å². The number of benzene rings is 2. The summed E-state index contributed by atoms with van der Waals surface area (Å²) in [5, 5.41) is 3.42. The second kappa shape index (κ2) is 5.41. The van der Waals surface area contributed by atoms with Crippen molar-refractivity contribution in [2.75, 3.05) is 5.32 Å². The van der Waals surface area contributed by atoms with E-state index in [0.29, 0.717) is 0 Å². The second-order valence-corrected chi connectivity index (χ2v) is 6.02. The quantitative estimate of drug-likeness (QED) is 0.675. The highest BCUT2D eigenvalue weighted by molar-refractivity contribution is 9.10. The number of anilines is 1. The molecule has 0 unspecified atom stereocenters. The molecule has 1 aromatic heterocycles. The molecule has 0 atom stereocenters. The molecule has 5 heteroatoms. The van der Waals surface area contributed by atoms with E-state index in [-0.39, 0.29) is 5.69 Å². The molecule has 0 aliphatic rings. The monoisotopic (exact) mass is 345 g/mol. The van der Waals surface area contributed by atoms with Crippen LogP contribution >= 0.6 is 15.9 Å². The van der Waals surface area contributed by atoms with E-state index in [1.807, 2.05) is 12.1 Å². The molecular formula is C16H16BrN3O. The number of aromatic nitrogens is 2. The van der Waals surface area contributed by atoms with E-state index in [1.165, 1.54) is 16.7 Å². The molecule has 0 spiro atoms. The summed E-state index contributed by atoms with van der Waals surface area (Å²) in [4.78, 5) is 16.8. The van der Waals surface area contributed by atoms with E-state index < -0.39 is 0 Å². The number of H-pyrrole nitrogens is 2. The minimum atomic E-state index is -0.191. The number of hydrogen-bond donors (Lipinski definition) is 3. The average molecular weight is 346 g/mol. The summed E-state index contributed by atoms with van der Waals surface area (Å²) < 4.78 is 0.926. The number of rotatable bonds is 3.